The Bertz CT molecular complexity index is 504. The molecule has 0 saturated carbocycles. The number of rotatable bonds is 1. The number of fused-ring (bicyclic) bond motifs is 3. The minimum Gasteiger partial charge on any atom is -0.266 e. The Balaban J connectivity index is 2.26. The van der Waals surface area contributed by atoms with Gasteiger partial charge in [0.2, 0.25) is 0 Å². The van der Waals surface area contributed by atoms with E-state index in [1.54, 1.807) is 12.2 Å². The molecule has 0 aromatic carbocycles. The predicted octanol–water partition coefficient (Wildman–Crippen LogP) is 3.12. The zero-order valence-electron chi connectivity index (χ0n) is 9.00. The molecule has 0 aliphatic heterocycles. The minimum atomic E-state index is -3.07. The van der Waals surface area contributed by atoms with Gasteiger partial charge in [0.25, 0.3) is 12.3 Å². The summed E-state index contributed by atoms with van der Waals surface area (Å²) >= 11 is 0. The van der Waals surface area contributed by atoms with Crippen LogP contribution in [0.25, 0.3) is 0 Å². The molecule has 0 bridgehead atoms. The second-order valence-corrected chi connectivity index (χ2v) is 4.49. The standard InChI is InChI=1S/C11H10F4N2/c1-17-9-7(8(16-17)10(12)13)5-3-2-4-6(5)11(9,14)15/h2-3,5-6,10H,4H2,1H3/t5-,6+/m0/s1. The first kappa shape index (κ1) is 10.8. The molecule has 2 atom stereocenters. The summed E-state index contributed by atoms with van der Waals surface area (Å²) in [7, 11) is 1.30. The predicted molar refractivity (Wildman–Crippen MR) is 52.0 cm³/mol. The third-order valence-corrected chi connectivity index (χ3v) is 3.60. The Hall–Kier alpha value is -1.33. The molecule has 0 saturated heterocycles. The second kappa shape index (κ2) is 3.11. The van der Waals surface area contributed by atoms with Gasteiger partial charge in [0.1, 0.15) is 11.4 Å². The topological polar surface area (TPSA) is 17.8 Å². The number of allylic oxidation sites excluding steroid dienone is 2. The van der Waals surface area contributed by atoms with Crippen LogP contribution in [-0.4, -0.2) is 9.78 Å². The first-order valence-corrected chi connectivity index (χ1v) is 5.34. The van der Waals surface area contributed by atoms with Crippen LogP contribution in [0.2, 0.25) is 0 Å². The van der Waals surface area contributed by atoms with Gasteiger partial charge in [-0.1, -0.05) is 12.2 Å². The summed E-state index contributed by atoms with van der Waals surface area (Å²) in [5.41, 5.74) is -0.806. The fraction of sp³-hybridized carbons (Fsp3) is 0.545. The number of aryl methyl sites for hydroxylation is 1. The van der Waals surface area contributed by atoms with Crippen LogP contribution in [0.15, 0.2) is 12.2 Å². The van der Waals surface area contributed by atoms with Crippen molar-refractivity contribution in [2.75, 3.05) is 0 Å². The van der Waals surface area contributed by atoms with E-state index in [2.05, 4.69) is 5.10 Å². The number of nitrogens with zero attached hydrogens (tertiary/aromatic N) is 2. The molecule has 17 heavy (non-hydrogen) atoms. The van der Waals surface area contributed by atoms with Gasteiger partial charge in [0.15, 0.2) is 0 Å². The van der Waals surface area contributed by atoms with Gasteiger partial charge >= 0.3 is 0 Å². The van der Waals surface area contributed by atoms with E-state index in [-0.39, 0.29) is 17.7 Å². The molecular weight excluding hydrogens is 236 g/mol. The number of aromatic nitrogens is 2. The van der Waals surface area contributed by atoms with Crippen LogP contribution in [0, 0.1) is 5.92 Å². The van der Waals surface area contributed by atoms with Gasteiger partial charge in [-0.3, -0.25) is 4.68 Å². The van der Waals surface area contributed by atoms with Crippen LogP contribution < -0.4 is 0 Å². The van der Waals surface area contributed by atoms with E-state index in [0.717, 1.165) is 4.68 Å². The molecular formula is C11H10F4N2. The fourth-order valence-electron chi connectivity index (χ4n) is 2.95. The highest BCUT2D eigenvalue weighted by atomic mass is 19.3. The summed E-state index contributed by atoms with van der Waals surface area (Å²) in [5, 5.41) is 3.54. The van der Waals surface area contributed by atoms with Gasteiger partial charge in [-0.05, 0) is 6.42 Å². The highest BCUT2D eigenvalue weighted by Crippen LogP contribution is 2.58. The molecule has 0 spiro atoms. The number of hydrogen-bond donors (Lipinski definition) is 0. The highest BCUT2D eigenvalue weighted by Gasteiger charge is 2.58. The van der Waals surface area contributed by atoms with Crippen LogP contribution in [0.5, 0.6) is 0 Å². The monoisotopic (exact) mass is 246 g/mol. The SMILES string of the molecule is Cn1nc(C(F)F)c2c1C(F)(F)[C@@H]1CC=C[C@H]21. The molecule has 1 heterocycles. The maximum absolute atomic E-state index is 14.1. The first-order valence-electron chi connectivity index (χ1n) is 5.34. The molecule has 6 heteroatoms. The molecule has 1 aromatic rings. The molecule has 0 unspecified atom stereocenters. The lowest BCUT2D eigenvalue weighted by Gasteiger charge is -2.19. The molecule has 2 nitrogen and oxygen atoms in total. The van der Waals surface area contributed by atoms with E-state index in [1.165, 1.54) is 7.05 Å². The average molecular weight is 246 g/mol. The number of halogens is 4. The van der Waals surface area contributed by atoms with Crippen LogP contribution in [0.1, 0.15) is 35.7 Å². The molecule has 1 aromatic heterocycles. The molecule has 2 aliphatic rings. The zero-order chi connectivity index (χ0) is 12.4. The largest absolute Gasteiger partial charge is 0.293 e. The van der Waals surface area contributed by atoms with Gasteiger partial charge in [-0.2, -0.15) is 13.9 Å². The highest BCUT2D eigenvalue weighted by molar-refractivity contribution is 5.45. The summed E-state index contributed by atoms with van der Waals surface area (Å²) in [4.78, 5) is 0. The molecule has 0 fully saturated rings. The Kier molecular flexibility index (Phi) is 1.98. The van der Waals surface area contributed by atoms with E-state index >= 15 is 0 Å². The molecule has 0 radical (unpaired) electrons. The van der Waals surface area contributed by atoms with Gasteiger partial charge in [-0.15, -0.1) is 0 Å². The molecule has 3 rings (SSSR count). The minimum absolute atomic E-state index is 0.0336. The van der Waals surface area contributed by atoms with Crippen LogP contribution in [-0.2, 0) is 13.0 Å². The van der Waals surface area contributed by atoms with Gasteiger partial charge in [0, 0.05) is 24.4 Å². The van der Waals surface area contributed by atoms with Crippen molar-refractivity contribution in [2.24, 2.45) is 13.0 Å². The maximum Gasteiger partial charge on any atom is 0.293 e. The Morgan fingerprint density at radius 2 is 2.18 bits per heavy atom. The molecule has 0 N–H and O–H groups in total. The second-order valence-electron chi connectivity index (χ2n) is 4.49. The van der Waals surface area contributed by atoms with Crippen LogP contribution >= 0.6 is 0 Å². The summed E-state index contributed by atoms with van der Waals surface area (Å²) in [5.74, 6) is -4.60. The Labute approximate surface area is 94.9 Å². The quantitative estimate of drug-likeness (QED) is 0.550. The van der Waals surface area contributed by atoms with Gasteiger partial charge in [0.05, 0.1) is 0 Å². The lowest BCUT2D eigenvalue weighted by molar-refractivity contribution is -0.0593. The molecule has 0 amide bonds. The summed E-state index contributed by atoms with van der Waals surface area (Å²) in [6.45, 7) is 0. The molecule has 92 valence electrons. The normalized spacial score (nSPS) is 28.8. The Morgan fingerprint density at radius 1 is 1.47 bits per heavy atom. The van der Waals surface area contributed by atoms with Gasteiger partial charge < -0.3 is 0 Å². The summed E-state index contributed by atoms with van der Waals surface area (Å²) in [6.07, 6.45) is 0.648. The van der Waals surface area contributed by atoms with E-state index < -0.39 is 29.9 Å². The number of alkyl halides is 4. The average Bonchev–Trinajstić information content (AvgIpc) is 2.83. The number of hydrogen-bond acceptors (Lipinski definition) is 1. The van der Waals surface area contributed by atoms with E-state index in [4.69, 9.17) is 0 Å². The van der Waals surface area contributed by atoms with Crippen molar-refractivity contribution in [3.05, 3.63) is 29.1 Å². The van der Waals surface area contributed by atoms with Crippen molar-refractivity contribution in [3.8, 4) is 0 Å². The third kappa shape index (κ3) is 1.18. The van der Waals surface area contributed by atoms with Crippen molar-refractivity contribution in [1.82, 2.24) is 9.78 Å². The molecule has 2 aliphatic carbocycles. The fourth-order valence-corrected chi connectivity index (χ4v) is 2.95. The lowest BCUT2D eigenvalue weighted by atomic mass is 9.94. The van der Waals surface area contributed by atoms with Crippen molar-refractivity contribution in [2.45, 2.75) is 24.7 Å². The van der Waals surface area contributed by atoms with E-state index in [0.29, 0.717) is 0 Å². The van der Waals surface area contributed by atoms with Crippen LogP contribution in [0.4, 0.5) is 17.6 Å². The third-order valence-electron chi connectivity index (χ3n) is 3.60. The van der Waals surface area contributed by atoms with E-state index in [9.17, 15) is 17.6 Å². The zero-order valence-corrected chi connectivity index (χ0v) is 9.00. The maximum atomic E-state index is 14.1. The van der Waals surface area contributed by atoms with Crippen molar-refractivity contribution in [3.63, 3.8) is 0 Å². The van der Waals surface area contributed by atoms with Gasteiger partial charge in [-0.25, -0.2) is 8.78 Å². The summed E-state index contributed by atoms with van der Waals surface area (Å²) in [6, 6.07) is 0. The van der Waals surface area contributed by atoms with E-state index in [1.807, 2.05) is 0 Å². The Morgan fingerprint density at radius 3 is 2.82 bits per heavy atom. The first-order chi connectivity index (χ1) is 7.94. The smallest absolute Gasteiger partial charge is 0.266 e. The lowest BCUT2D eigenvalue weighted by Crippen LogP contribution is -2.23. The van der Waals surface area contributed by atoms with Crippen molar-refractivity contribution in [1.29, 1.82) is 0 Å². The summed E-state index contributed by atoms with van der Waals surface area (Å²) < 4.78 is 54.7. The van der Waals surface area contributed by atoms with Crippen molar-refractivity contribution < 1.29 is 17.6 Å². The van der Waals surface area contributed by atoms with Crippen molar-refractivity contribution >= 4 is 0 Å². The van der Waals surface area contributed by atoms with Crippen LogP contribution in [0.3, 0.4) is 0 Å².